The summed E-state index contributed by atoms with van der Waals surface area (Å²) in [5.41, 5.74) is 0. The van der Waals surface area contributed by atoms with Crippen molar-refractivity contribution in [3.8, 4) is 118 Å². The third-order valence-electron chi connectivity index (χ3n) is 3.77. The Morgan fingerprint density at radius 2 is 1.24 bits per heavy atom. The third kappa shape index (κ3) is 12.2. The lowest BCUT2D eigenvalue weighted by atomic mass is 10.3. The van der Waals surface area contributed by atoms with Gasteiger partial charge in [0.2, 0.25) is 0 Å². The summed E-state index contributed by atoms with van der Waals surface area (Å²) in [5, 5.41) is 2.59. The average Bonchev–Trinajstić information content (AvgIpc) is 3.06. The maximum atomic E-state index is 11.7. The molecular weight excluding hydrogens is 418 g/mol. The first-order valence-electron chi connectivity index (χ1n) is 9.79. The number of amides is 1. The van der Waals surface area contributed by atoms with Gasteiger partial charge in [-0.1, -0.05) is 5.92 Å². The first-order valence-corrected chi connectivity index (χ1v) is 9.79. The number of quaternary nitrogens is 1. The van der Waals surface area contributed by atoms with Gasteiger partial charge in [0.1, 0.15) is 18.8 Å². The van der Waals surface area contributed by atoms with E-state index in [2.05, 4.69) is 136 Å². The van der Waals surface area contributed by atoms with Gasteiger partial charge in [0.25, 0.3) is 0 Å². The summed E-state index contributed by atoms with van der Waals surface area (Å²) in [5.74, 6) is 50.5. The van der Waals surface area contributed by atoms with Gasteiger partial charge in [-0.3, -0.25) is 9.28 Å². The summed E-state index contributed by atoms with van der Waals surface area (Å²) in [7, 11) is 2.03. The van der Waals surface area contributed by atoms with Crippen molar-refractivity contribution in [1.82, 2.24) is 5.32 Å². The van der Waals surface area contributed by atoms with Crippen LogP contribution < -0.4 is 5.32 Å². The summed E-state index contributed by atoms with van der Waals surface area (Å²) in [6.45, 7) is 6.57. The second-order valence-electron chi connectivity index (χ2n) is 6.39. The van der Waals surface area contributed by atoms with Crippen molar-refractivity contribution in [3.05, 3.63) is 12.4 Å². The lowest BCUT2D eigenvalue weighted by Crippen LogP contribution is -2.41. The highest BCUT2D eigenvalue weighted by Gasteiger charge is 2.32. The molecule has 1 heterocycles. The number of likely N-dealkylation sites (N-methyl/N-ethyl adjacent to an activating group) is 1. The van der Waals surface area contributed by atoms with E-state index in [4.69, 9.17) is 0 Å². The van der Waals surface area contributed by atoms with Gasteiger partial charge in [0.15, 0.2) is 5.84 Å². The minimum atomic E-state index is -0.463. The van der Waals surface area contributed by atoms with Crippen LogP contribution in [0.25, 0.3) is 0 Å². The molecule has 0 saturated carbocycles. The van der Waals surface area contributed by atoms with Gasteiger partial charge in [-0.05, 0) is 109 Å². The fraction of sp³-hybridized carbons (Fsp3) is 0.200. The topological polar surface area (TPSA) is 41.5 Å². The monoisotopic (exact) mass is 436 g/mol. The number of amidine groups is 1. The number of nitrogens with one attached hydrogen (secondary N) is 1. The Morgan fingerprint density at radius 3 is 1.62 bits per heavy atom. The van der Waals surface area contributed by atoms with E-state index in [1.165, 1.54) is 0 Å². The fourth-order valence-electron chi connectivity index (χ4n) is 2.31. The van der Waals surface area contributed by atoms with E-state index in [1.54, 1.807) is 13.1 Å². The van der Waals surface area contributed by atoms with Gasteiger partial charge < -0.3 is 5.32 Å². The number of aliphatic imine (C=N–C) groups is 1. The number of hydrogen-bond donors (Lipinski definition) is 1. The molecule has 0 fully saturated rings. The van der Waals surface area contributed by atoms with Crippen LogP contribution in [0.15, 0.2) is 17.4 Å². The first-order chi connectivity index (χ1) is 16.5. The molecule has 0 aromatic rings. The van der Waals surface area contributed by atoms with Crippen LogP contribution in [0.3, 0.4) is 0 Å². The highest BCUT2D eigenvalue weighted by Crippen LogP contribution is 2.17. The lowest BCUT2D eigenvalue weighted by molar-refractivity contribution is -0.761. The molecule has 34 heavy (non-hydrogen) atoms. The molecule has 0 bridgehead atoms. The van der Waals surface area contributed by atoms with Crippen LogP contribution in [0.5, 0.6) is 0 Å². The highest BCUT2D eigenvalue weighted by molar-refractivity contribution is 5.94. The van der Waals surface area contributed by atoms with Crippen molar-refractivity contribution in [2.45, 2.75) is 26.8 Å². The van der Waals surface area contributed by atoms with Crippen molar-refractivity contribution < 1.29 is 9.28 Å². The Morgan fingerprint density at radius 1 is 0.824 bits per heavy atom. The molecule has 1 N–H and O–H groups in total. The normalized spacial score (nSPS) is 15.5. The fourth-order valence-corrected chi connectivity index (χ4v) is 2.31. The Balaban J connectivity index is 2.43. The van der Waals surface area contributed by atoms with E-state index in [0.29, 0.717) is 4.48 Å². The van der Waals surface area contributed by atoms with Gasteiger partial charge in [-0.25, -0.2) is 4.99 Å². The van der Waals surface area contributed by atoms with Gasteiger partial charge in [0, 0.05) is 24.7 Å². The van der Waals surface area contributed by atoms with Crippen LogP contribution >= 0.6 is 0 Å². The Kier molecular flexibility index (Phi) is 12.6. The van der Waals surface area contributed by atoms with Gasteiger partial charge >= 0.3 is 5.91 Å². The second-order valence-corrected chi connectivity index (χ2v) is 6.39. The molecule has 0 aliphatic carbocycles. The van der Waals surface area contributed by atoms with Crippen molar-refractivity contribution in [1.29, 1.82) is 0 Å². The molecule has 4 heteroatoms. The number of nitrogens with zero attached hydrogens (tertiary/aromatic N) is 2. The molecule has 0 radical (unpaired) electrons. The zero-order valence-corrected chi connectivity index (χ0v) is 19.2. The van der Waals surface area contributed by atoms with E-state index in [1.807, 2.05) is 20.2 Å². The van der Waals surface area contributed by atoms with Crippen molar-refractivity contribution in [3.63, 3.8) is 0 Å². The predicted octanol–water partition coefficient (Wildman–Crippen LogP) is 0.895. The molecule has 1 aliphatic heterocycles. The number of hydrogen-bond acceptors (Lipinski definition) is 2. The molecule has 0 saturated heterocycles. The van der Waals surface area contributed by atoms with E-state index >= 15 is 0 Å². The van der Waals surface area contributed by atoms with E-state index in [9.17, 15) is 4.79 Å². The average molecular weight is 436 g/mol. The van der Waals surface area contributed by atoms with E-state index in [0.717, 1.165) is 12.4 Å². The Labute approximate surface area is 202 Å². The molecule has 2 unspecified atom stereocenters. The summed E-state index contributed by atoms with van der Waals surface area (Å²) in [4.78, 5) is 16.2. The van der Waals surface area contributed by atoms with Crippen LogP contribution in [0, 0.1) is 118 Å². The lowest BCUT2D eigenvalue weighted by Gasteiger charge is -2.23. The SMILES string of the molecule is CC#CC#CC#CC#CC#CC#CC#CC#CC#CC#CC(=O)NC=C[N+]1(C)CC(C)N=C1C. The summed E-state index contributed by atoms with van der Waals surface area (Å²) in [6, 6.07) is 0.260. The molecular formula is C30H18N3O+. The zero-order valence-electron chi connectivity index (χ0n) is 19.2. The molecule has 0 spiro atoms. The second kappa shape index (κ2) is 16.2. The number of rotatable bonds is 2. The van der Waals surface area contributed by atoms with Crippen LogP contribution in [-0.2, 0) is 4.79 Å². The van der Waals surface area contributed by atoms with E-state index < -0.39 is 5.91 Å². The van der Waals surface area contributed by atoms with E-state index in [-0.39, 0.29) is 6.04 Å². The van der Waals surface area contributed by atoms with Crippen LogP contribution in [0.1, 0.15) is 20.8 Å². The molecule has 1 amide bonds. The molecule has 1 aliphatic rings. The number of carbonyl (C=O) groups excluding carboxylic acids is 1. The quantitative estimate of drug-likeness (QED) is 0.507. The smallest absolute Gasteiger partial charge is 0.300 e. The van der Waals surface area contributed by atoms with Gasteiger partial charge in [0.05, 0.1) is 13.2 Å². The van der Waals surface area contributed by atoms with Crippen molar-refractivity contribution in [2.75, 3.05) is 13.6 Å². The highest BCUT2D eigenvalue weighted by atomic mass is 16.1. The van der Waals surface area contributed by atoms with Gasteiger partial charge in [-0.15, -0.1) is 0 Å². The number of carbonyl (C=O) groups is 1. The molecule has 0 aromatic heterocycles. The largest absolute Gasteiger partial charge is 0.317 e. The molecule has 158 valence electrons. The molecule has 4 nitrogen and oxygen atoms in total. The zero-order chi connectivity index (χ0) is 24.9. The first kappa shape index (κ1) is 26.5. The third-order valence-corrected chi connectivity index (χ3v) is 3.77. The summed E-state index contributed by atoms with van der Waals surface area (Å²) in [6.07, 6.45) is 3.44. The molecule has 0 aromatic carbocycles. The predicted molar refractivity (Wildman–Crippen MR) is 134 cm³/mol. The minimum absolute atomic E-state index is 0.260. The van der Waals surface area contributed by atoms with Crippen LogP contribution in [-0.4, -0.2) is 35.9 Å². The molecule has 2 atom stereocenters. The van der Waals surface area contributed by atoms with Crippen LogP contribution in [0.2, 0.25) is 0 Å². The Bertz CT molecular complexity index is 1520. The summed E-state index contributed by atoms with van der Waals surface area (Å²) >= 11 is 0. The van der Waals surface area contributed by atoms with Crippen molar-refractivity contribution in [2.24, 2.45) is 4.99 Å². The minimum Gasteiger partial charge on any atom is -0.317 e. The maximum absolute atomic E-state index is 11.7. The van der Waals surface area contributed by atoms with Gasteiger partial charge in [-0.2, -0.15) is 0 Å². The van der Waals surface area contributed by atoms with Crippen molar-refractivity contribution >= 4 is 11.7 Å². The molecule has 1 rings (SSSR count). The summed E-state index contributed by atoms with van der Waals surface area (Å²) < 4.78 is 0.553. The Hall–Kier alpha value is -5.56. The van der Waals surface area contributed by atoms with Crippen LogP contribution in [0.4, 0.5) is 0 Å². The maximum Gasteiger partial charge on any atom is 0.300 e. The standard InChI is InChI=1S/C30H17N3O/c1-5-6-7-8-9-10-11-12-13-14-15-16-17-18-19-20-21-22-23-24-30(34)31-25-26-33(4)27-28(2)32-29(33)3/h25-26,28H,27H2,1-4H3/p+1.